The van der Waals surface area contributed by atoms with Crippen LogP contribution in [-0.2, 0) is 10.4 Å². The van der Waals surface area contributed by atoms with Gasteiger partial charge in [-0.15, -0.1) is 0 Å². The minimum atomic E-state index is -1.36. The molecule has 1 aliphatic rings. The van der Waals surface area contributed by atoms with E-state index in [0.717, 1.165) is 0 Å². The fourth-order valence-corrected chi connectivity index (χ4v) is 1.84. The van der Waals surface area contributed by atoms with Gasteiger partial charge >= 0.3 is 0 Å². The summed E-state index contributed by atoms with van der Waals surface area (Å²) >= 11 is 0. The number of amides is 1. The van der Waals surface area contributed by atoms with Crippen molar-refractivity contribution in [2.75, 3.05) is 5.32 Å². The maximum atomic E-state index is 11.6. The number of hydrogen-bond acceptors (Lipinski definition) is 2. The Morgan fingerprint density at radius 2 is 2.00 bits per heavy atom. The molecule has 0 radical (unpaired) electrons. The highest BCUT2D eigenvalue weighted by Gasteiger charge is 2.47. The highest BCUT2D eigenvalue weighted by molar-refractivity contribution is 6.05. The molecule has 1 aliphatic heterocycles. The first-order valence-electron chi connectivity index (χ1n) is 4.70. The Labute approximate surface area is 82.8 Å². The fraction of sp³-hybridized carbons (Fsp3) is 0.364. The third kappa shape index (κ3) is 0.990. The Morgan fingerprint density at radius 1 is 1.36 bits per heavy atom. The number of rotatable bonds is 1. The van der Waals surface area contributed by atoms with Gasteiger partial charge < -0.3 is 10.4 Å². The van der Waals surface area contributed by atoms with Crippen molar-refractivity contribution in [2.45, 2.75) is 19.4 Å². The van der Waals surface area contributed by atoms with E-state index in [9.17, 15) is 9.90 Å². The molecule has 14 heavy (non-hydrogen) atoms. The molecule has 0 spiro atoms. The number of anilines is 1. The van der Waals surface area contributed by atoms with Crippen molar-refractivity contribution >= 4 is 11.6 Å². The molecule has 1 aromatic carbocycles. The van der Waals surface area contributed by atoms with Gasteiger partial charge in [0, 0.05) is 11.3 Å². The van der Waals surface area contributed by atoms with Crippen LogP contribution in [0.1, 0.15) is 19.4 Å². The van der Waals surface area contributed by atoms with Gasteiger partial charge in [-0.2, -0.15) is 0 Å². The van der Waals surface area contributed by atoms with Crippen LogP contribution in [0.15, 0.2) is 24.3 Å². The van der Waals surface area contributed by atoms with E-state index in [4.69, 9.17) is 0 Å². The number of fused-ring (bicyclic) bond motifs is 1. The molecular formula is C11H13NO2. The molecule has 0 aromatic heterocycles. The second kappa shape index (κ2) is 2.82. The summed E-state index contributed by atoms with van der Waals surface area (Å²) in [7, 11) is 0. The Bertz CT molecular complexity index is 387. The molecule has 2 N–H and O–H groups in total. The lowest BCUT2D eigenvalue weighted by molar-refractivity contribution is -0.138. The Balaban J connectivity index is 2.60. The third-order valence-corrected chi connectivity index (χ3v) is 2.77. The van der Waals surface area contributed by atoms with Gasteiger partial charge in [-0.25, -0.2) is 0 Å². The first-order valence-corrected chi connectivity index (χ1v) is 4.70. The van der Waals surface area contributed by atoms with E-state index in [1.54, 1.807) is 12.1 Å². The van der Waals surface area contributed by atoms with Crippen molar-refractivity contribution in [1.82, 2.24) is 0 Å². The highest BCUT2D eigenvalue weighted by atomic mass is 16.3. The summed E-state index contributed by atoms with van der Waals surface area (Å²) in [6, 6.07) is 7.25. The molecule has 74 valence electrons. The number of para-hydroxylation sites is 1. The van der Waals surface area contributed by atoms with Crippen LogP contribution in [0.25, 0.3) is 0 Å². The number of aliphatic hydroxyl groups is 1. The average Bonchev–Trinajstić information content (AvgIpc) is 2.41. The van der Waals surface area contributed by atoms with Gasteiger partial charge in [-0.1, -0.05) is 32.0 Å². The molecule has 0 bridgehead atoms. The third-order valence-electron chi connectivity index (χ3n) is 2.77. The first kappa shape index (κ1) is 9.21. The molecule has 1 aromatic rings. The molecule has 0 fully saturated rings. The van der Waals surface area contributed by atoms with E-state index in [-0.39, 0.29) is 11.8 Å². The molecular weight excluding hydrogens is 178 g/mol. The highest BCUT2D eigenvalue weighted by Crippen LogP contribution is 2.40. The van der Waals surface area contributed by atoms with Crippen LogP contribution in [0.3, 0.4) is 0 Å². The second-order valence-electron chi connectivity index (χ2n) is 3.92. The van der Waals surface area contributed by atoms with E-state index in [0.29, 0.717) is 11.3 Å². The minimum absolute atomic E-state index is 0.133. The van der Waals surface area contributed by atoms with Crippen LogP contribution in [-0.4, -0.2) is 11.0 Å². The molecule has 0 aliphatic carbocycles. The summed E-state index contributed by atoms with van der Waals surface area (Å²) < 4.78 is 0. The Kier molecular flexibility index (Phi) is 1.86. The van der Waals surface area contributed by atoms with Crippen LogP contribution in [0.2, 0.25) is 0 Å². The molecule has 1 atom stereocenters. The summed E-state index contributed by atoms with van der Waals surface area (Å²) in [6.07, 6.45) is 0. The topological polar surface area (TPSA) is 49.3 Å². The maximum Gasteiger partial charge on any atom is 0.261 e. The predicted molar refractivity (Wildman–Crippen MR) is 53.8 cm³/mol. The monoisotopic (exact) mass is 191 g/mol. The summed E-state index contributed by atoms with van der Waals surface area (Å²) in [5.74, 6) is -0.458. The first-order chi connectivity index (χ1) is 6.56. The summed E-state index contributed by atoms with van der Waals surface area (Å²) in [4.78, 5) is 11.6. The van der Waals surface area contributed by atoms with Gasteiger partial charge in [-0.3, -0.25) is 4.79 Å². The zero-order valence-corrected chi connectivity index (χ0v) is 8.24. The molecule has 3 heteroatoms. The average molecular weight is 191 g/mol. The van der Waals surface area contributed by atoms with Gasteiger partial charge in [0.15, 0.2) is 5.60 Å². The van der Waals surface area contributed by atoms with Crippen molar-refractivity contribution in [3.8, 4) is 0 Å². The van der Waals surface area contributed by atoms with Crippen LogP contribution in [0.5, 0.6) is 0 Å². The largest absolute Gasteiger partial charge is 0.375 e. The SMILES string of the molecule is CC(C)[C@@]1(O)C(=O)Nc2ccccc21. The summed E-state index contributed by atoms with van der Waals surface area (Å²) in [5.41, 5.74) is 0.0325. The smallest absolute Gasteiger partial charge is 0.261 e. The standard InChI is InChI=1S/C11H13NO2/c1-7(2)11(14)8-5-3-4-6-9(8)12-10(11)13/h3-7,14H,1-2H3,(H,12,13)/t11-/m0/s1. The predicted octanol–water partition coefficient (Wildman–Crippen LogP) is 1.48. The zero-order valence-electron chi connectivity index (χ0n) is 8.24. The van der Waals surface area contributed by atoms with Crippen molar-refractivity contribution in [3.05, 3.63) is 29.8 Å². The van der Waals surface area contributed by atoms with E-state index in [1.165, 1.54) is 0 Å². The Morgan fingerprint density at radius 3 is 2.64 bits per heavy atom. The van der Waals surface area contributed by atoms with E-state index < -0.39 is 5.60 Å². The number of nitrogens with one attached hydrogen (secondary N) is 1. The van der Waals surface area contributed by atoms with E-state index in [1.807, 2.05) is 26.0 Å². The van der Waals surface area contributed by atoms with Gasteiger partial charge in [0.1, 0.15) is 0 Å². The second-order valence-corrected chi connectivity index (χ2v) is 3.92. The van der Waals surface area contributed by atoms with Gasteiger partial charge in [0.05, 0.1) is 0 Å². The molecule has 2 rings (SSSR count). The van der Waals surface area contributed by atoms with Crippen molar-refractivity contribution < 1.29 is 9.90 Å². The zero-order chi connectivity index (χ0) is 10.3. The number of carbonyl (C=O) groups is 1. The fourth-order valence-electron chi connectivity index (χ4n) is 1.84. The lowest BCUT2D eigenvalue weighted by Crippen LogP contribution is -2.39. The molecule has 0 saturated carbocycles. The van der Waals surface area contributed by atoms with Crippen LogP contribution < -0.4 is 5.32 Å². The van der Waals surface area contributed by atoms with Gasteiger partial charge in [0.25, 0.3) is 5.91 Å². The molecule has 1 heterocycles. The lowest BCUT2D eigenvalue weighted by atomic mass is 9.85. The van der Waals surface area contributed by atoms with E-state index in [2.05, 4.69) is 5.32 Å². The minimum Gasteiger partial charge on any atom is -0.375 e. The number of hydrogen-bond donors (Lipinski definition) is 2. The molecule has 1 amide bonds. The molecule has 0 saturated heterocycles. The van der Waals surface area contributed by atoms with Crippen LogP contribution >= 0.6 is 0 Å². The summed E-state index contributed by atoms with van der Waals surface area (Å²) in [6.45, 7) is 3.67. The van der Waals surface area contributed by atoms with E-state index >= 15 is 0 Å². The van der Waals surface area contributed by atoms with Crippen LogP contribution in [0.4, 0.5) is 5.69 Å². The van der Waals surface area contributed by atoms with Crippen molar-refractivity contribution in [2.24, 2.45) is 5.92 Å². The Hall–Kier alpha value is -1.35. The van der Waals surface area contributed by atoms with Gasteiger partial charge in [0.2, 0.25) is 0 Å². The van der Waals surface area contributed by atoms with Crippen LogP contribution in [0, 0.1) is 5.92 Å². The normalized spacial score (nSPS) is 25.0. The van der Waals surface area contributed by atoms with Crippen molar-refractivity contribution in [3.63, 3.8) is 0 Å². The molecule has 0 unspecified atom stereocenters. The molecule has 3 nitrogen and oxygen atoms in total. The summed E-state index contributed by atoms with van der Waals surface area (Å²) in [5, 5.41) is 13.0. The number of benzene rings is 1. The maximum absolute atomic E-state index is 11.6. The quantitative estimate of drug-likeness (QED) is 0.706. The van der Waals surface area contributed by atoms with Crippen molar-refractivity contribution in [1.29, 1.82) is 0 Å². The lowest BCUT2D eigenvalue weighted by Gasteiger charge is -2.24. The number of carbonyl (C=O) groups excluding carboxylic acids is 1. The van der Waals surface area contributed by atoms with Gasteiger partial charge in [-0.05, 0) is 12.0 Å².